The van der Waals surface area contributed by atoms with Crippen molar-refractivity contribution in [2.45, 2.75) is 40.3 Å². The lowest BCUT2D eigenvalue weighted by Gasteiger charge is -2.28. The van der Waals surface area contributed by atoms with Gasteiger partial charge in [0.05, 0.1) is 6.61 Å². The highest BCUT2D eigenvalue weighted by atomic mass is 16.5. The number of esters is 1. The monoisotopic (exact) mass is 339 g/mol. The topological polar surface area (TPSA) is 46.6 Å². The highest BCUT2D eigenvalue weighted by molar-refractivity contribution is 5.97. The summed E-state index contributed by atoms with van der Waals surface area (Å²) in [4.78, 5) is 26.9. The van der Waals surface area contributed by atoms with E-state index in [4.69, 9.17) is 4.74 Å². The molecule has 1 atom stereocenters. The molecular formula is C21H25NO3. The number of nitrogens with zero attached hydrogens (tertiary/aromatic N) is 1. The molecule has 132 valence electrons. The summed E-state index contributed by atoms with van der Waals surface area (Å²) in [6.45, 7) is 8.10. The smallest absolute Gasteiger partial charge is 0.328 e. The summed E-state index contributed by atoms with van der Waals surface area (Å²) in [5.41, 5.74) is 3.73. The lowest BCUT2D eigenvalue weighted by molar-refractivity contribution is -0.148. The van der Waals surface area contributed by atoms with Gasteiger partial charge in [-0.3, -0.25) is 4.79 Å². The highest BCUT2D eigenvalue weighted by Gasteiger charge is 2.28. The Labute approximate surface area is 149 Å². The second kappa shape index (κ2) is 8.47. The Kier molecular flexibility index (Phi) is 6.34. The Balaban J connectivity index is 2.33. The fourth-order valence-corrected chi connectivity index (χ4v) is 2.60. The minimum atomic E-state index is -0.658. The van der Waals surface area contributed by atoms with Crippen LogP contribution >= 0.6 is 0 Å². The SMILES string of the molecule is CCOC(=O)C(C)N(Cc1ccccc1)C(=O)c1ccc(C)c(C)c1. The fraction of sp³-hybridized carbons (Fsp3) is 0.333. The molecule has 25 heavy (non-hydrogen) atoms. The first kappa shape index (κ1) is 18.7. The van der Waals surface area contributed by atoms with Crippen molar-refractivity contribution >= 4 is 11.9 Å². The van der Waals surface area contributed by atoms with Gasteiger partial charge in [0.1, 0.15) is 6.04 Å². The van der Waals surface area contributed by atoms with E-state index in [1.54, 1.807) is 24.8 Å². The molecule has 0 spiro atoms. The van der Waals surface area contributed by atoms with Crippen molar-refractivity contribution in [2.24, 2.45) is 0 Å². The van der Waals surface area contributed by atoms with Gasteiger partial charge in [0.2, 0.25) is 0 Å². The third-order valence-corrected chi connectivity index (χ3v) is 4.31. The van der Waals surface area contributed by atoms with Crippen LogP contribution in [0.1, 0.15) is 40.9 Å². The molecule has 0 heterocycles. The zero-order valence-corrected chi connectivity index (χ0v) is 15.3. The maximum absolute atomic E-state index is 13.1. The Morgan fingerprint density at radius 1 is 1.04 bits per heavy atom. The van der Waals surface area contributed by atoms with E-state index < -0.39 is 12.0 Å². The van der Waals surface area contributed by atoms with E-state index in [1.165, 1.54) is 0 Å². The molecule has 1 amide bonds. The summed E-state index contributed by atoms with van der Waals surface area (Å²) in [5, 5.41) is 0. The summed E-state index contributed by atoms with van der Waals surface area (Å²) in [6.07, 6.45) is 0. The summed E-state index contributed by atoms with van der Waals surface area (Å²) in [5.74, 6) is -0.567. The summed E-state index contributed by atoms with van der Waals surface area (Å²) < 4.78 is 5.12. The number of rotatable bonds is 6. The van der Waals surface area contributed by atoms with Gasteiger partial charge in [0, 0.05) is 12.1 Å². The van der Waals surface area contributed by atoms with E-state index in [9.17, 15) is 9.59 Å². The van der Waals surface area contributed by atoms with Crippen LogP contribution in [0, 0.1) is 13.8 Å². The third-order valence-electron chi connectivity index (χ3n) is 4.31. The molecule has 0 bridgehead atoms. The summed E-state index contributed by atoms with van der Waals surface area (Å²) in [7, 11) is 0. The highest BCUT2D eigenvalue weighted by Crippen LogP contribution is 2.17. The number of hydrogen-bond donors (Lipinski definition) is 0. The van der Waals surface area contributed by atoms with Gasteiger partial charge in [-0.15, -0.1) is 0 Å². The molecule has 4 heteroatoms. The second-order valence-electron chi connectivity index (χ2n) is 6.15. The average molecular weight is 339 g/mol. The molecule has 2 aromatic carbocycles. The first-order valence-electron chi connectivity index (χ1n) is 8.52. The minimum Gasteiger partial charge on any atom is -0.464 e. The molecule has 0 saturated carbocycles. The van der Waals surface area contributed by atoms with Crippen molar-refractivity contribution in [3.8, 4) is 0 Å². The van der Waals surface area contributed by atoms with Crippen LogP contribution in [0.3, 0.4) is 0 Å². The summed E-state index contributed by atoms with van der Waals surface area (Å²) in [6, 6.07) is 14.6. The molecule has 1 unspecified atom stereocenters. The van der Waals surface area contributed by atoms with Gasteiger partial charge in [-0.25, -0.2) is 4.79 Å². The summed E-state index contributed by atoms with van der Waals surface area (Å²) >= 11 is 0. The number of carbonyl (C=O) groups excluding carboxylic acids is 2. The van der Waals surface area contributed by atoms with E-state index in [2.05, 4.69) is 0 Å². The van der Waals surface area contributed by atoms with Crippen LogP contribution in [0.5, 0.6) is 0 Å². The number of amides is 1. The second-order valence-corrected chi connectivity index (χ2v) is 6.15. The molecule has 0 aliphatic carbocycles. The van der Waals surface area contributed by atoms with E-state index >= 15 is 0 Å². The Hall–Kier alpha value is -2.62. The molecule has 2 aromatic rings. The first-order valence-corrected chi connectivity index (χ1v) is 8.52. The average Bonchev–Trinajstić information content (AvgIpc) is 2.62. The number of aryl methyl sites for hydroxylation is 2. The van der Waals surface area contributed by atoms with E-state index in [1.807, 2.05) is 56.3 Å². The number of hydrogen-bond acceptors (Lipinski definition) is 3. The predicted molar refractivity (Wildman–Crippen MR) is 98.3 cm³/mol. The van der Waals surface area contributed by atoms with Gasteiger partial charge in [-0.2, -0.15) is 0 Å². The van der Waals surface area contributed by atoms with Crippen molar-refractivity contribution in [2.75, 3.05) is 6.61 Å². The van der Waals surface area contributed by atoms with Crippen molar-refractivity contribution < 1.29 is 14.3 Å². The van der Waals surface area contributed by atoms with E-state index in [-0.39, 0.29) is 5.91 Å². The molecule has 0 fully saturated rings. The number of carbonyl (C=O) groups is 2. The quantitative estimate of drug-likeness (QED) is 0.750. The van der Waals surface area contributed by atoms with Crippen LogP contribution in [0.4, 0.5) is 0 Å². The van der Waals surface area contributed by atoms with Gasteiger partial charge in [-0.1, -0.05) is 36.4 Å². The third kappa shape index (κ3) is 4.69. The standard InChI is InChI=1S/C21H25NO3/c1-5-25-21(24)17(4)22(14-18-9-7-6-8-10-18)20(23)19-12-11-15(2)16(3)13-19/h6-13,17H,5,14H2,1-4H3. The maximum Gasteiger partial charge on any atom is 0.328 e. The van der Waals surface area contributed by atoms with Gasteiger partial charge in [-0.05, 0) is 56.5 Å². The van der Waals surface area contributed by atoms with Crippen LogP contribution in [-0.2, 0) is 16.1 Å². The zero-order chi connectivity index (χ0) is 18.4. The van der Waals surface area contributed by atoms with Gasteiger partial charge >= 0.3 is 5.97 Å². The molecule has 4 nitrogen and oxygen atoms in total. The van der Waals surface area contributed by atoms with Crippen molar-refractivity contribution in [3.63, 3.8) is 0 Å². The molecule has 0 saturated heterocycles. The largest absolute Gasteiger partial charge is 0.464 e. The van der Waals surface area contributed by atoms with Crippen LogP contribution in [0.15, 0.2) is 48.5 Å². The van der Waals surface area contributed by atoms with Crippen LogP contribution in [-0.4, -0.2) is 29.4 Å². The van der Waals surface area contributed by atoms with Crippen LogP contribution < -0.4 is 0 Å². The molecule has 0 aliphatic rings. The first-order chi connectivity index (χ1) is 11.9. The molecule has 0 aliphatic heterocycles. The lowest BCUT2D eigenvalue weighted by Crippen LogP contribution is -2.43. The molecule has 0 aromatic heterocycles. The van der Waals surface area contributed by atoms with Gasteiger partial charge in [0.25, 0.3) is 5.91 Å². The van der Waals surface area contributed by atoms with Gasteiger partial charge < -0.3 is 9.64 Å². The van der Waals surface area contributed by atoms with Gasteiger partial charge in [0.15, 0.2) is 0 Å². The lowest BCUT2D eigenvalue weighted by atomic mass is 10.0. The number of ether oxygens (including phenoxy) is 1. The predicted octanol–water partition coefficient (Wildman–Crippen LogP) is 3.90. The van der Waals surface area contributed by atoms with E-state index in [0.29, 0.717) is 18.7 Å². The van der Waals surface area contributed by atoms with Crippen LogP contribution in [0.2, 0.25) is 0 Å². The van der Waals surface area contributed by atoms with Crippen molar-refractivity contribution in [3.05, 3.63) is 70.8 Å². The maximum atomic E-state index is 13.1. The number of benzene rings is 2. The molecule has 0 radical (unpaired) electrons. The Bertz CT molecular complexity index is 740. The normalized spacial score (nSPS) is 11.7. The molecule has 0 N–H and O–H groups in total. The molecular weight excluding hydrogens is 314 g/mol. The molecule has 2 rings (SSSR count). The van der Waals surface area contributed by atoms with E-state index in [0.717, 1.165) is 16.7 Å². The van der Waals surface area contributed by atoms with Crippen molar-refractivity contribution in [1.82, 2.24) is 4.90 Å². The Morgan fingerprint density at radius 2 is 1.72 bits per heavy atom. The van der Waals surface area contributed by atoms with Crippen LogP contribution in [0.25, 0.3) is 0 Å². The zero-order valence-electron chi connectivity index (χ0n) is 15.3. The minimum absolute atomic E-state index is 0.174. The fourth-order valence-electron chi connectivity index (χ4n) is 2.60. The van der Waals surface area contributed by atoms with Crippen molar-refractivity contribution in [1.29, 1.82) is 0 Å². The Morgan fingerprint density at radius 3 is 2.32 bits per heavy atom.